The van der Waals surface area contributed by atoms with Crippen LogP contribution in [0.2, 0.25) is 0 Å². The van der Waals surface area contributed by atoms with Crippen molar-refractivity contribution in [3.05, 3.63) is 64.9 Å². The molecule has 2 atom stereocenters. The number of benzene rings is 2. The number of nitrogens with two attached hydrogens (primary N) is 1. The van der Waals surface area contributed by atoms with Crippen LogP contribution >= 0.6 is 0 Å². The number of anilines is 1. The highest BCUT2D eigenvalue weighted by Gasteiger charge is 2.33. The van der Waals surface area contributed by atoms with Crippen molar-refractivity contribution in [1.29, 1.82) is 0 Å². The van der Waals surface area contributed by atoms with Crippen LogP contribution in [-0.2, 0) is 6.42 Å². The molecule has 1 saturated carbocycles. The molecule has 158 valence electrons. The Morgan fingerprint density at radius 3 is 2.67 bits per heavy atom. The average molecular weight is 403 g/mol. The Hall–Kier alpha value is -2.55. The molecule has 0 aliphatic heterocycles. The molecular formula is C27H34N2O. The van der Waals surface area contributed by atoms with Gasteiger partial charge in [-0.2, -0.15) is 0 Å². The number of fused-ring (bicyclic) bond motifs is 1. The zero-order valence-electron chi connectivity index (χ0n) is 18.6. The Bertz CT molecular complexity index is 987. The van der Waals surface area contributed by atoms with E-state index in [9.17, 15) is 4.79 Å². The standard InChI is InChI=1S/C27H34N2O/c1-5-16(3)24-23(14-17(4)25(27(28)30)26(24)29-6-2)20-11-10-19-12-13-21(22(19)15-20)18-8-7-9-18/h6,10-11,14-16,18,21,29H,2,5,7-9,12-13H2,1,3-4H3,(H2,28,30). The van der Waals surface area contributed by atoms with Crippen LogP contribution in [0.25, 0.3) is 11.1 Å². The minimum absolute atomic E-state index is 0.289. The van der Waals surface area contributed by atoms with Crippen molar-refractivity contribution in [3.63, 3.8) is 0 Å². The maximum absolute atomic E-state index is 12.3. The Kier molecular flexibility index (Phi) is 5.73. The minimum atomic E-state index is -0.396. The molecule has 4 rings (SSSR count). The fourth-order valence-electron chi connectivity index (χ4n) is 5.49. The fraction of sp³-hybridized carbons (Fsp3) is 0.444. The molecule has 2 aliphatic rings. The predicted molar refractivity (Wildman–Crippen MR) is 126 cm³/mol. The van der Waals surface area contributed by atoms with E-state index in [2.05, 4.69) is 50.0 Å². The van der Waals surface area contributed by atoms with Crippen molar-refractivity contribution < 1.29 is 4.79 Å². The van der Waals surface area contributed by atoms with Crippen molar-refractivity contribution in [2.24, 2.45) is 11.7 Å². The largest absolute Gasteiger partial charge is 0.366 e. The molecule has 0 radical (unpaired) electrons. The smallest absolute Gasteiger partial charge is 0.251 e. The maximum atomic E-state index is 12.3. The first-order chi connectivity index (χ1) is 14.5. The van der Waals surface area contributed by atoms with Gasteiger partial charge in [0.25, 0.3) is 5.91 Å². The first kappa shape index (κ1) is 20.7. The summed E-state index contributed by atoms with van der Waals surface area (Å²) in [6.07, 6.45) is 9.28. The summed E-state index contributed by atoms with van der Waals surface area (Å²) in [5, 5.41) is 3.25. The number of hydrogen-bond acceptors (Lipinski definition) is 2. The van der Waals surface area contributed by atoms with Crippen LogP contribution in [0, 0.1) is 12.8 Å². The first-order valence-corrected chi connectivity index (χ1v) is 11.4. The normalized spacial score (nSPS) is 19.1. The van der Waals surface area contributed by atoms with E-state index in [1.165, 1.54) is 48.8 Å². The van der Waals surface area contributed by atoms with Gasteiger partial charge in [-0.3, -0.25) is 4.79 Å². The lowest BCUT2D eigenvalue weighted by atomic mass is 9.73. The second-order valence-electron chi connectivity index (χ2n) is 9.18. The van der Waals surface area contributed by atoms with Crippen molar-refractivity contribution >= 4 is 11.6 Å². The molecule has 0 aromatic heterocycles. The predicted octanol–water partition coefficient (Wildman–Crippen LogP) is 6.66. The van der Waals surface area contributed by atoms with E-state index in [-0.39, 0.29) is 5.92 Å². The third kappa shape index (κ3) is 3.45. The molecule has 0 saturated heterocycles. The second kappa shape index (κ2) is 8.29. The number of aryl methyl sites for hydroxylation is 2. The Morgan fingerprint density at radius 1 is 1.30 bits per heavy atom. The number of amides is 1. The molecule has 2 aromatic carbocycles. The maximum Gasteiger partial charge on any atom is 0.251 e. The highest BCUT2D eigenvalue weighted by molar-refractivity contribution is 6.02. The number of hydrogen-bond donors (Lipinski definition) is 2. The summed E-state index contributed by atoms with van der Waals surface area (Å²) < 4.78 is 0. The number of carbonyl (C=O) groups excluding carboxylic acids is 1. The molecule has 30 heavy (non-hydrogen) atoms. The molecule has 0 heterocycles. The molecule has 2 aromatic rings. The van der Waals surface area contributed by atoms with Gasteiger partial charge in [0.05, 0.1) is 11.3 Å². The molecule has 2 unspecified atom stereocenters. The van der Waals surface area contributed by atoms with Gasteiger partial charge in [0.2, 0.25) is 0 Å². The van der Waals surface area contributed by atoms with Crippen LogP contribution in [0.4, 0.5) is 5.69 Å². The molecule has 3 nitrogen and oxygen atoms in total. The number of carbonyl (C=O) groups is 1. The lowest BCUT2D eigenvalue weighted by Crippen LogP contribution is -2.18. The molecule has 1 fully saturated rings. The van der Waals surface area contributed by atoms with Gasteiger partial charge in [0.1, 0.15) is 0 Å². The molecule has 3 N–H and O–H groups in total. The summed E-state index contributed by atoms with van der Waals surface area (Å²) in [4.78, 5) is 12.3. The number of primary amides is 1. The van der Waals surface area contributed by atoms with Crippen LogP contribution in [0.1, 0.15) is 90.4 Å². The van der Waals surface area contributed by atoms with Crippen LogP contribution in [0.5, 0.6) is 0 Å². The minimum Gasteiger partial charge on any atom is -0.366 e. The van der Waals surface area contributed by atoms with Crippen LogP contribution < -0.4 is 11.1 Å². The molecular weight excluding hydrogens is 368 g/mol. The van der Waals surface area contributed by atoms with E-state index < -0.39 is 5.91 Å². The van der Waals surface area contributed by atoms with Crippen LogP contribution in [-0.4, -0.2) is 5.91 Å². The van der Waals surface area contributed by atoms with E-state index >= 15 is 0 Å². The first-order valence-electron chi connectivity index (χ1n) is 11.4. The van der Waals surface area contributed by atoms with Crippen LogP contribution in [0.3, 0.4) is 0 Å². The summed E-state index contributed by atoms with van der Waals surface area (Å²) in [7, 11) is 0. The summed E-state index contributed by atoms with van der Waals surface area (Å²) in [6, 6.07) is 9.20. The summed E-state index contributed by atoms with van der Waals surface area (Å²) >= 11 is 0. The van der Waals surface area contributed by atoms with E-state index in [1.54, 1.807) is 11.8 Å². The Labute approximate surface area is 180 Å². The molecule has 1 amide bonds. The zero-order valence-corrected chi connectivity index (χ0v) is 18.6. The third-order valence-corrected chi connectivity index (χ3v) is 7.46. The zero-order chi connectivity index (χ0) is 21.4. The van der Waals surface area contributed by atoms with Gasteiger partial charge < -0.3 is 11.1 Å². The average Bonchev–Trinajstić information content (AvgIpc) is 3.08. The lowest BCUT2D eigenvalue weighted by molar-refractivity contribution is 0.100. The van der Waals surface area contributed by atoms with Gasteiger partial charge in [-0.25, -0.2) is 0 Å². The van der Waals surface area contributed by atoms with Crippen molar-refractivity contribution in [2.75, 3.05) is 5.32 Å². The number of nitrogens with one attached hydrogen (secondary N) is 1. The van der Waals surface area contributed by atoms with Gasteiger partial charge in [0.15, 0.2) is 0 Å². The monoisotopic (exact) mass is 402 g/mol. The fourth-order valence-corrected chi connectivity index (χ4v) is 5.49. The van der Waals surface area contributed by atoms with Gasteiger partial charge in [0, 0.05) is 0 Å². The topological polar surface area (TPSA) is 55.1 Å². The molecule has 3 heteroatoms. The number of rotatable bonds is 7. The third-order valence-electron chi connectivity index (χ3n) is 7.46. The van der Waals surface area contributed by atoms with Crippen molar-refractivity contribution in [2.45, 2.75) is 71.1 Å². The summed E-state index contributed by atoms with van der Waals surface area (Å²) in [5.41, 5.74) is 14.8. The highest BCUT2D eigenvalue weighted by atomic mass is 16.1. The summed E-state index contributed by atoms with van der Waals surface area (Å²) in [6.45, 7) is 10.2. The Morgan fingerprint density at radius 2 is 2.07 bits per heavy atom. The van der Waals surface area contributed by atoms with E-state index in [1.807, 2.05) is 6.92 Å². The van der Waals surface area contributed by atoms with E-state index in [0.717, 1.165) is 35.1 Å². The van der Waals surface area contributed by atoms with E-state index in [4.69, 9.17) is 5.73 Å². The SMILES string of the molecule is C=CNc1c(C(N)=O)c(C)cc(-c2ccc3c(c2)C(C2CCC2)CC3)c1C(C)CC. The molecule has 2 aliphatic carbocycles. The van der Waals surface area contributed by atoms with Gasteiger partial charge in [-0.05, 0) is 96.4 Å². The quantitative estimate of drug-likeness (QED) is 0.544. The van der Waals surface area contributed by atoms with Gasteiger partial charge in [-0.15, -0.1) is 0 Å². The highest BCUT2D eigenvalue weighted by Crippen LogP contribution is 2.48. The Balaban J connectivity index is 1.90. The van der Waals surface area contributed by atoms with Crippen molar-refractivity contribution in [1.82, 2.24) is 0 Å². The van der Waals surface area contributed by atoms with E-state index in [0.29, 0.717) is 5.56 Å². The second-order valence-corrected chi connectivity index (χ2v) is 9.18. The van der Waals surface area contributed by atoms with Crippen molar-refractivity contribution in [3.8, 4) is 11.1 Å². The lowest BCUT2D eigenvalue weighted by Gasteiger charge is -2.32. The van der Waals surface area contributed by atoms with Gasteiger partial charge >= 0.3 is 0 Å². The van der Waals surface area contributed by atoms with Gasteiger partial charge in [-0.1, -0.05) is 51.1 Å². The van der Waals surface area contributed by atoms with Crippen LogP contribution in [0.15, 0.2) is 37.0 Å². The summed E-state index contributed by atoms with van der Waals surface area (Å²) in [5.74, 6) is 1.48. The molecule has 0 bridgehead atoms. The molecule has 0 spiro atoms.